The molecule has 1 N–H and O–H groups in total. The first kappa shape index (κ1) is 16.9. The normalized spacial score (nSPS) is 11.8. The molecule has 3 nitrogen and oxygen atoms in total. The molecule has 0 aliphatic heterocycles. The van der Waals surface area contributed by atoms with E-state index in [2.05, 4.69) is 5.32 Å². The maximum absolute atomic E-state index is 12.3. The van der Waals surface area contributed by atoms with E-state index in [0.29, 0.717) is 32.9 Å². The number of amides is 1. The monoisotopic (exact) mass is 357 g/mol. The predicted molar refractivity (Wildman–Crippen MR) is 91.3 cm³/mol. The Labute approximate surface area is 144 Å². The zero-order valence-electron chi connectivity index (χ0n) is 11.8. The van der Waals surface area contributed by atoms with Crippen LogP contribution in [0.4, 0.5) is 5.69 Å². The number of hydrogen-bond donors (Lipinski definition) is 1. The second-order valence-corrected chi connectivity index (χ2v) is 5.78. The molecule has 6 heteroatoms. The minimum absolute atomic E-state index is 0.299. The lowest BCUT2D eigenvalue weighted by molar-refractivity contribution is -0.122. The van der Waals surface area contributed by atoms with Crippen LogP contribution in [0.2, 0.25) is 15.1 Å². The first-order valence-electron chi connectivity index (χ1n) is 6.68. The molecule has 0 heterocycles. The molecule has 116 valence electrons. The van der Waals surface area contributed by atoms with Crippen molar-refractivity contribution in [3.8, 4) is 5.75 Å². The standard InChI is InChI=1S/C16H14Cl3NO2/c1-2-15(22-10-6-4-3-5-7-10)16(21)20-14-9-12(18)11(17)8-13(14)19/h3-9,15H,2H2,1H3,(H,20,21)/t15-/m1/s1. The molecule has 0 aromatic heterocycles. The SMILES string of the molecule is CC[C@@H](Oc1ccccc1)C(=O)Nc1cc(Cl)c(Cl)cc1Cl. The van der Waals surface area contributed by atoms with E-state index in [1.165, 1.54) is 12.1 Å². The Kier molecular flexibility index (Phi) is 5.95. The molecule has 0 bridgehead atoms. The summed E-state index contributed by atoms with van der Waals surface area (Å²) in [7, 11) is 0. The highest BCUT2D eigenvalue weighted by Crippen LogP contribution is 2.32. The first-order chi connectivity index (χ1) is 10.5. The number of carbonyl (C=O) groups is 1. The zero-order chi connectivity index (χ0) is 16.1. The van der Waals surface area contributed by atoms with Gasteiger partial charge >= 0.3 is 0 Å². The van der Waals surface area contributed by atoms with Gasteiger partial charge in [-0.15, -0.1) is 0 Å². The summed E-state index contributed by atoms with van der Waals surface area (Å²) < 4.78 is 5.68. The van der Waals surface area contributed by atoms with Crippen molar-refractivity contribution in [2.45, 2.75) is 19.4 Å². The summed E-state index contributed by atoms with van der Waals surface area (Å²) in [5.41, 5.74) is 0.399. The van der Waals surface area contributed by atoms with Gasteiger partial charge in [0.25, 0.3) is 5.91 Å². The third-order valence-electron chi connectivity index (χ3n) is 2.95. The minimum atomic E-state index is -0.632. The van der Waals surface area contributed by atoms with Crippen LogP contribution in [-0.4, -0.2) is 12.0 Å². The molecule has 22 heavy (non-hydrogen) atoms. The fourth-order valence-corrected chi connectivity index (χ4v) is 2.41. The van der Waals surface area contributed by atoms with Crippen molar-refractivity contribution in [3.05, 3.63) is 57.5 Å². The van der Waals surface area contributed by atoms with E-state index in [4.69, 9.17) is 39.5 Å². The highest BCUT2D eigenvalue weighted by Gasteiger charge is 2.20. The summed E-state index contributed by atoms with van der Waals surface area (Å²) in [5.74, 6) is 0.330. The summed E-state index contributed by atoms with van der Waals surface area (Å²) in [4.78, 5) is 12.3. The van der Waals surface area contributed by atoms with E-state index in [1.807, 2.05) is 25.1 Å². The van der Waals surface area contributed by atoms with Crippen LogP contribution < -0.4 is 10.1 Å². The van der Waals surface area contributed by atoms with Crippen LogP contribution >= 0.6 is 34.8 Å². The van der Waals surface area contributed by atoms with Gasteiger partial charge in [0.15, 0.2) is 6.10 Å². The van der Waals surface area contributed by atoms with Gasteiger partial charge in [-0.05, 0) is 30.7 Å². The van der Waals surface area contributed by atoms with Gasteiger partial charge in [-0.2, -0.15) is 0 Å². The highest BCUT2D eigenvalue weighted by molar-refractivity contribution is 6.44. The number of halogens is 3. The van der Waals surface area contributed by atoms with Crippen LogP contribution in [0, 0.1) is 0 Å². The molecule has 0 spiro atoms. The van der Waals surface area contributed by atoms with E-state index < -0.39 is 6.10 Å². The maximum atomic E-state index is 12.3. The average Bonchev–Trinajstić information content (AvgIpc) is 2.51. The van der Waals surface area contributed by atoms with E-state index in [1.54, 1.807) is 12.1 Å². The summed E-state index contributed by atoms with van der Waals surface area (Å²) in [5, 5.41) is 3.68. The van der Waals surface area contributed by atoms with E-state index >= 15 is 0 Å². The topological polar surface area (TPSA) is 38.3 Å². The molecule has 0 saturated carbocycles. The van der Waals surface area contributed by atoms with Crippen LogP contribution in [0.25, 0.3) is 0 Å². The fourth-order valence-electron chi connectivity index (χ4n) is 1.82. The lowest BCUT2D eigenvalue weighted by Gasteiger charge is -2.18. The largest absolute Gasteiger partial charge is 0.481 e. The molecule has 0 aliphatic rings. The Hall–Kier alpha value is -1.42. The fraction of sp³-hybridized carbons (Fsp3) is 0.188. The summed E-state index contributed by atoms with van der Waals surface area (Å²) in [6.45, 7) is 1.86. The second-order valence-electron chi connectivity index (χ2n) is 4.56. The summed E-state index contributed by atoms with van der Waals surface area (Å²) >= 11 is 17.9. The van der Waals surface area contributed by atoms with Crippen molar-refractivity contribution in [1.29, 1.82) is 0 Å². The molecule has 0 radical (unpaired) electrons. The highest BCUT2D eigenvalue weighted by atomic mass is 35.5. The lowest BCUT2D eigenvalue weighted by atomic mass is 10.2. The number of ether oxygens (including phenoxy) is 1. The van der Waals surface area contributed by atoms with Gasteiger partial charge in [-0.25, -0.2) is 0 Å². The number of nitrogens with one attached hydrogen (secondary N) is 1. The van der Waals surface area contributed by atoms with E-state index in [-0.39, 0.29) is 5.91 Å². The molecule has 2 aromatic rings. The number of anilines is 1. The minimum Gasteiger partial charge on any atom is -0.481 e. The van der Waals surface area contributed by atoms with Crippen molar-refractivity contribution in [3.63, 3.8) is 0 Å². The number of hydrogen-bond acceptors (Lipinski definition) is 2. The summed E-state index contributed by atoms with van der Waals surface area (Å²) in [6.07, 6.45) is -0.118. The molecule has 2 aromatic carbocycles. The summed E-state index contributed by atoms with van der Waals surface area (Å²) in [6, 6.07) is 12.2. The Balaban J connectivity index is 2.11. The molecule has 0 fully saturated rings. The third kappa shape index (κ3) is 4.29. The molecule has 2 rings (SSSR count). The Morgan fingerprint density at radius 3 is 2.36 bits per heavy atom. The van der Waals surface area contributed by atoms with Crippen LogP contribution in [-0.2, 0) is 4.79 Å². The van der Waals surface area contributed by atoms with Crippen molar-refractivity contribution in [2.24, 2.45) is 0 Å². The van der Waals surface area contributed by atoms with Gasteiger partial charge in [0.05, 0.1) is 20.8 Å². The Morgan fingerprint density at radius 2 is 1.73 bits per heavy atom. The zero-order valence-corrected chi connectivity index (χ0v) is 14.0. The predicted octanol–water partition coefficient (Wildman–Crippen LogP) is 5.44. The lowest BCUT2D eigenvalue weighted by Crippen LogP contribution is -2.32. The molecule has 1 amide bonds. The number of rotatable bonds is 5. The van der Waals surface area contributed by atoms with Crippen LogP contribution in [0.15, 0.2) is 42.5 Å². The Bertz CT molecular complexity index is 662. The van der Waals surface area contributed by atoms with Crippen molar-refractivity contribution >= 4 is 46.4 Å². The second kappa shape index (κ2) is 7.73. The number of para-hydroxylation sites is 1. The molecular formula is C16H14Cl3NO2. The number of benzene rings is 2. The van der Waals surface area contributed by atoms with E-state index in [9.17, 15) is 4.79 Å². The van der Waals surface area contributed by atoms with Gasteiger partial charge in [-0.1, -0.05) is 59.9 Å². The maximum Gasteiger partial charge on any atom is 0.265 e. The van der Waals surface area contributed by atoms with Crippen molar-refractivity contribution in [1.82, 2.24) is 0 Å². The van der Waals surface area contributed by atoms with Gasteiger partial charge in [0.1, 0.15) is 5.75 Å². The van der Waals surface area contributed by atoms with Gasteiger partial charge in [-0.3, -0.25) is 4.79 Å². The quantitative estimate of drug-likeness (QED) is 0.722. The molecular weight excluding hydrogens is 345 g/mol. The first-order valence-corrected chi connectivity index (χ1v) is 7.81. The molecule has 0 aliphatic carbocycles. The van der Waals surface area contributed by atoms with Crippen LogP contribution in [0.5, 0.6) is 5.75 Å². The average molecular weight is 359 g/mol. The van der Waals surface area contributed by atoms with Crippen LogP contribution in [0.1, 0.15) is 13.3 Å². The molecule has 0 saturated heterocycles. The van der Waals surface area contributed by atoms with Gasteiger partial charge < -0.3 is 10.1 Å². The van der Waals surface area contributed by atoms with E-state index in [0.717, 1.165) is 0 Å². The molecule has 0 unspecified atom stereocenters. The Morgan fingerprint density at radius 1 is 1.09 bits per heavy atom. The van der Waals surface area contributed by atoms with Crippen molar-refractivity contribution in [2.75, 3.05) is 5.32 Å². The number of carbonyl (C=O) groups excluding carboxylic acids is 1. The van der Waals surface area contributed by atoms with Gasteiger partial charge in [0, 0.05) is 0 Å². The third-order valence-corrected chi connectivity index (χ3v) is 3.99. The van der Waals surface area contributed by atoms with Crippen molar-refractivity contribution < 1.29 is 9.53 Å². The van der Waals surface area contributed by atoms with Gasteiger partial charge in [0.2, 0.25) is 0 Å². The smallest absolute Gasteiger partial charge is 0.265 e. The van der Waals surface area contributed by atoms with Crippen LogP contribution in [0.3, 0.4) is 0 Å². The molecule has 1 atom stereocenters.